The molecule has 0 atom stereocenters. The van der Waals surface area contributed by atoms with Crippen molar-refractivity contribution in [3.05, 3.63) is 16.0 Å². The number of thiol groups is 1. The monoisotopic (exact) mass is 239 g/mol. The van der Waals surface area contributed by atoms with Crippen LogP contribution < -0.4 is 0 Å². The molecule has 1 aromatic rings. The van der Waals surface area contributed by atoms with Crippen molar-refractivity contribution in [1.29, 1.82) is 0 Å². The molecule has 0 bridgehead atoms. The Labute approximate surface area is 98.8 Å². The number of nitrogens with zero attached hydrogens (tertiary/aromatic N) is 1. The highest BCUT2D eigenvalue weighted by Crippen LogP contribution is 2.37. The van der Waals surface area contributed by atoms with Gasteiger partial charge >= 0.3 is 0 Å². The van der Waals surface area contributed by atoms with E-state index in [1.165, 1.54) is 16.9 Å². The molecule has 0 spiro atoms. The number of ketones is 1. The average Bonchev–Trinajstić information content (AvgIpc) is 2.56. The van der Waals surface area contributed by atoms with E-state index in [2.05, 4.69) is 17.6 Å². The van der Waals surface area contributed by atoms with Gasteiger partial charge in [0.2, 0.25) is 0 Å². The van der Waals surface area contributed by atoms with Crippen LogP contribution in [0.1, 0.15) is 40.6 Å². The summed E-state index contributed by atoms with van der Waals surface area (Å²) in [7, 11) is 1.81. The summed E-state index contributed by atoms with van der Waals surface area (Å²) >= 11 is 5.94. The minimum Gasteiger partial charge on any atom is -0.294 e. The molecule has 0 radical (unpaired) electrons. The van der Waals surface area contributed by atoms with Gasteiger partial charge in [-0.2, -0.15) is 0 Å². The normalized spacial score (nSPS) is 17.9. The molecule has 0 unspecified atom stereocenters. The molecule has 80 valence electrons. The Kier molecular flexibility index (Phi) is 2.98. The lowest BCUT2D eigenvalue weighted by atomic mass is 9.91. The van der Waals surface area contributed by atoms with E-state index in [0.717, 1.165) is 39.6 Å². The summed E-state index contributed by atoms with van der Waals surface area (Å²) in [6.45, 7) is 1.62. The van der Waals surface area contributed by atoms with Crippen LogP contribution in [0.25, 0.3) is 0 Å². The Morgan fingerprint density at radius 2 is 2.20 bits per heavy atom. The van der Waals surface area contributed by atoms with Crippen LogP contribution in [-0.2, 0) is 6.42 Å². The molecule has 1 aromatic heterocycles. The van der Waals surface area contributed by atoms with Crippen molar-refractivity contribution >= 4 is 35.5 Å². The maximum Gasteiger partial charge on any atom is 0.170 e. The van der Waals surface area contributed by atoms with Gasteiger partial charge in [-0.25, -0.2) is 0 Å². The van der Waals surface area contributed by atoms with Crippen LogP contribution in [0.5, 0.6) is 0 Å². The summed E-state index contributed by atoms with van der Waals surface area (Å²) in [5.74, 6) is 0.147. The van der Waals surface area contributed by atoms with Crippen molar-refractivity contribution in [1.82, 2.24) is 0 Å². The van der Waals surface area contributed by atoms with Crippen molar-refractivity contribution in [2.24, 2.45) is 4.99 Å². The Hall–Kier alpha value is -0.610. The summed E-state index contributed by atoms with van der Waals surface area (Å²) in [6.07, 6.45) is 3.08. The van der Waals surface area contributed by atoms with E-state index in [1.54, 1.807) is 6.92 Å². The van der Waals surface area contributed by atoms with E-state index >= 15 is 0 Å². The van der Waals surface area contributed by atoms with Crippen molar-refractivity contribution in [3.63, 3.8) is 0 Å². The van der Waals surface area contributed by atoms with Crippen LogP contribution in [0.3, 0.4) is 0 Å². The molecule has 1 aliphatic rings. The summed E-state index contributed by atoms with van der Waals surface area (Å²) in [5, 5.41) is 0. The second kappa shape index (κ2) is 4.10. The number of rotatable bonds is 1. The predicted molar refractivity (Wildman–Crippen MR) is 67.0 cm³/mol. The lowest BCUT2D eigenvalue weighted by Gasteiger charge is -2.15. The molecular weight excluding hydrogens is 226 g/mol. The topological polar surface area (TPSA) is 29.4 Å². The van der Waals surface area contributed by atoms with Gasteiger partial charge < -0.3 is 0 Å². The fraction of sp³-hybridized carbons (Fsp3) is 0.455. The molecule has 2 rings (SSSR count). The first-order chi connectivity index (χ1) is 7.15. The van der Waals surface area contributed by atoms with Crippen LogP contribution in [-0.4, -0.2) is 18.5 Å². The highest BCUT2D eigenvalue weighted by Gasteiger charge is 2.25. The van der Waals surface area contributed by atoms with E-state index < -0.39 is 0 Å². The molecule has 0 amide bonds. The fourth-order valence-electron chi connectivity index (χ4n) is 2.05. The van der Waals surface area contributed by atoms with Gasteiger partial charge in [0.1, 0.15) is 0 Å². The zero-order chi connectivity index (χ0) is 11.0. The van der Waals surface area contributed by atoms with Crippen molar-refractivity contribution < 1.29 is 4.79 Å². The molecular formula is C11H13NOS2. The molecule has 15 heavy (non-hydrogen) atoms. The third-order valence-electron chi connectivity index (χ3n) is 2.71. The highest BCUT2D eigenvalue weighted by molar-refractivity contribution is 7.83. The van der Waals surface area contributed by atoms with Crippen LogP contribution in [0, 0.1) is 0 Å². The molecule has 4 heteroatoms. The lowest BCUT2D eigenvalue weighted by molar-refractivity contribution is 0.102. The largest absolute Gasteiger partial charge is 0.294 e. The smallest absolute Gasteiger partial charge is 0.170 e. The van der Waals surface area contributed by atoms with Crippen LogP contribution in [0.15, 0.2) is 9.20 Å². The second-order valence-corrected chi connectivity index (χ2v) is 5.44. The summed E-state index contributed by atoms with van der Waals surface area (Å²) in [5.41, 5.74) is 3.40. The Balaban J connectivity index is 2.63. The highest BCUT2D eigenvalue weighted by atomic mass is 32.2. The zero-order valence-electron chi connectivity index (χ0n) is 8.83. The third-order valence-corrected chi connectivity index (χ3v) is 4.34. The van der Waals surface area contributed by atoms with Gasteiger partial charge in [-0.1, -0.05) is 0 Å². The van der Waals surface area contributed by atoms with Crippen LogP contribution in [0.2, 0.25) is 0 Å². The summed E-state index contributed by atoms with van der Waals surface area (Å²) in [4.78, 5) is 16.6. The Bertz CT molecular complexity index is 446. The minimum atomic E-state index is 0.147. The third kappa shape index (κ3) is 1.76. The Morgan fingerprint density at radius 3 is 2.80 bits per heavy atom. The standard InChI is InChI=1S/C11H13NOS2/c1-6(13)10-7-4-3-5-8(12-2)9(7)11(14)15-10/h14H,3-5H2,1-2H3/b12-8+. The van der Waals surface area contributed by atoms with Crippen molar-refractivity contribution in [2.45, 2.75) is 30.4 Å². The van der Waals surface area contributed by atoms with Gasteiger partial charge in [-0.15, -0.1) is 24.0 Å². The molecule has 1 aliphatic carbocycles. The van der Waals surface area contributed by atoms with Crippen molar-refractivity contribution in [2.75, 3.05) is 7.05 Å². The van der Waals surface area contributed by atoms with Crippen LogP contribution >= 0.6 is 24.0 Å². The van der Waals surface area contributed by atoms with Gasteiger partial charge in [0, 0.05) is 18.3 Å². The molecule has 0 N–H and O–H groups in total. The van der Waals surface area contributed by atoms with Gasteiger partial charge in [0.25, 0.3) is 0 Å². The molecule has 1 heterocycles. The van der Waals surface area contributed by atoms with Gasteiger partial charge in [-0.05, 0) is 31.7 Å². The molecule has 0 fully saturated rings. The summed E-state index contributed by atoms with van der Waals surface area (Å²) in [6, 6.07) is 0. The maximum absolute atomic E-state index is 11.5. The first-order valence-corrected chi connectivity index (χ1v) is 6.23. The van der Waals surface area contributed by atoms with Crippen molar-refractivity contribution in [3.8, 4) is 0 Å². The number of carbonyl (C=O) groups excluding carboxylic acids is 1. The number of Topliss-reactive ketones (excluding diaryl/α,β-unsaturated/α-hetero) is 1. The van der Waals surface area contributed by atoms with E-state index in [0.29, 0.717) is 0 Å². The minimum absolute atomic E-state index is 0.147. The zero-order valence-corrected chi connectivity index (χ0v) is 10.5. The number of aliphatic imine (C=N–C) groups is 1. The molecule has 0 saturated carbocycles. The number of carbonyl (C=O) groups is 1. The first-order valence-electron chi connectivity index (χ1n) is 4.96. The fourth-order valence-corrected chi connectivity index (χ4v) is 3.60. The second-order valence-electron chi connectivity index (χ2n) is 3.67. The van der Waals surface area contributed by atoms with E-state index in [9.17, 15) is 4.79 Å². The number of hydrogen-bond acceptors (Lipinski definition) is 4. The number of thiophene rings is 1. The number of hydrogen-bond donors (Lipinski definition) is 1. The first kappa shape index (κ1) is 10.9. The molecule has 0 saturated heterocycles. The quantitative estimate of drug-likeness (QED) is 0.592. The maximum atomic E-state index is 11.5. The van der Waals surface area contributed by atoms with Gasteiger partial charge in [0.15, 0.2) is 5.78 Å². The molecule has 0 aliphatic heterocycles. The van der Waals surface area contributed by atoms with Gasteiger partial charge in [-0.3, -0.25) is 9.79 Å². The van der Waals surface area contributed by atoms with Gasteiger partial charge in [0.05, 0.1) is 9.09 Å². The van der Waals surface area contributed by atoms with E-state index in [4.69, 9.17) is 0 Å². The summed E-state index contributed by atoms with van der Waals surface area (Å²) < 4.78 is 0.940. The number of fused-ring (bicyclic) bond motifs is 1. The lowest BCUT2D eigenvalue weighted by Crippen LogP contribution is -2.12. The predicted octanol–water partition coefficient (Wildman–Crippen LogP) is 2.99. The van der Waals surface area contributed by atoms with Crippen LogP contribution in [0.4, 0.5) is 0 Å². The SMILES string of the molecule is C/N=C1\CCCc2c(C(C)=O)sc(S)c21. The average molecular weight is 239 g/mol. The Morgan fingerprint density at radius 1 is 1.47 bits per heavy atom. The van der Waals surface area contributed by atoms with E-state index in [-0.39, 0.29) is 5.78 Å². The molecule has 2 nitrogen and oxygen atoms in total. The molecule has 0 aromatic carbocycles. The van der Waals surface area contributed by atoms with E-state index in [1.807, 2.05) is 7.05 Å².